The molecule has 0 aliphatic carbocycles. The van der Waals surface area contributed by atoms with E-state index in [1.807, 2.05) is 0 Å². The van der Waals surface area contributed by atoms with Crippen LogP contribution in [0.3, 0.4) is 0 Å². The second-order valence-corrected chi connectivity index (χ2v) is 3.75. The topological polar surface area (TPSA) is 40.5 Å². The van der Waals surface area contributed by atoms with E-state index < -0.39 is 11.7 Å². The molecule has 0 bridgehead atoms. The molecule has 1 N–H and O–H groups in total. The highest BCUT2D eigenvalue weighted by Crippen LogP contribution is 2.35. The van der Waals surface area contributed by atoms with E-state index in [0.29, 0.717) is 22.3 Å². The number of hydrogen-bond donors (Lipinski definition) is 1. The Labute approximate surface area is 101 Å². The molecule has 6 heteroatoms. The molecule has 0 unspecified atom stereocenters. The maximum Gasteiger partial charge on any atom is 0.416 e. The molecular weight excluding hydrogens is 243 g/mol. The Balaban J connectivity index is 2.61. The van der Waals surface area contributed by atoms with Gasteiger partial charge in [-0.25, -0.2) is 0 Å². The molecule has 0 atom stereocenters. The van der Waals surface area contributed by atoms with Crippen LogP contribution < -0.4 is 0 Å². The predicted molar refractivity (Wildman–Crippen MR) is 62.8 cm³/mol. The summed E-state index contributed by atoms with van der Waals surface area (Å²) in [5, 5.41) is 8.14. The van der Waals surface area contributed by atoms with Crippen LogP contribution in [0.4, 0.5) is 18.9 Å². The Bertz CT molecular complexity index is 623. The van der Waals surface area contributed by atoms with Crippen LogP contribution in [0.5, 0.6) is 0 Å². The number of aryl methyl sites for hydroxylation is 1. The number of benzene rings is 1. The van der Waals surface area contributed by atoms with Crippen LogP contribution in [0.15, 0.2) is 41.2 Å². The second-order valence-electron chi connectivity index (χ2n) is 3.75. The lowest BCUT2D eigenvalue weighted by Crippen LogP contribution is -2.03. The van der Waals surface area contributed by atoms with Gasteiger partial charge in [-0.15, -0.1) is 5.11 Å². The van der Waals surface area contributed by atoms with Gasteiger partial charge in [-0.1, -0.05) is 6.58 Å². The van der Waals surface area contributed by atoms with Crippen LogP contribution in [0.2, 0.25) is 0 Å². The lowest BCUT2D eigenvalue weighted by Gasteiger charge is -2.05. The first-order chi connectivity index (χ1) is 8.43. The molecule has 1 aromatic carbocycles. The quantitative estimate of drug-likeness (QED) is 0.752. The number of azo groups is 1. The van der Waals surface area contributed by atoms with E-state index in [1.165, 1.54) is 12.3 Å². The van der Waals surface area contributed by atoms with Crippen molar-refractivity contribution in [3.05, 3.63) is 42.2 Å². The molecule has 1 heterocycles. The molecular formula is C12H10F3N3. The van der Waals surface area contributed by atoms with Crippen LogP contribution >= 0.6 is 0 Å². The highest BCUT2D eigenvalue weighted by Gasteiger charge is 2.30. The Morgan fingerprint density at radius 3 is 2.67 bits per heavy atom. The third-order valence-corrected chi connectivity index (χ3v) is 2.52. The Hall–Kier alpha value is -2.11. The average molecular weight is 253 g/mol. The number of H-pyrrole nitrogens is 1. The highest BCUT2D eigenvalue weighted by molar-refractivity contribution is 5.93. The third-order valence-electron chi connectivity index (χ3n) is 2.52. The van der Waals surface area contributed by atoms with Gasteiger partial charge in [0.1, 0.15) is 5.69 Å². The number of halogens is 3. The van der Waals surface area contributed by atoms with Crippen molar-refractivity contribution in [3.63, 3.8) is 0 Å². The lowest BCUT2D eigenvalue weighted by atomic mass is 10.1. The van der Waals surface area contributed by atoms with Crippen molar-refractivity contribution in [2.24, 2.45) is 10.2 Å². The number of rotatable bonds is 2. The zero-order chi connectivity index (χ0) is 13.3. The van der Waals surface area contributed by atoms with E-state index in [1.54, 1.807) is 6.92 Å². The summed E-state index contributed by atoms with van der Waals surface area (Å²) in [6.07, 6.45) is -3.08. The smallest absolute Gasteiger partial charge is 0.357 e. The minimum absolute atomic E-state index is 0.389. The first-order valence-corrected chi connectivity index (χ1v) is 5.15. The number of nitrogens with one attached hydrogen (secondary N) is 1. The minimum atomic E-state index is -4.35. The number of fused-ring (bicyclic) bond motifs is 1. The lowest BCUT2D eigenvalue weighted by molar-refractivity contribution is -0.137. The molecule has 94 valence electrons. The molecule has 0 fully saturated rings. The first kappa shape index (κ1) is 12.3. The van der Waals surface area contributed by atoms with Crippen LogP contribution in [0, 0.1) is 6.92 Å². The summed E-state index contributed by atoms with van der Waals surface area (Å²) in [6.45, 7) is 5.12. The fraction of sp³-hybridized carbons (Fsp3) is 0.167. The van der Waals surface area contributed by atoms with Gasteiger partial charge in [0.15, 0.2) is 0 Å². The van der Waals surface area contributed by atoms with Crippen molar-refractivity contribution in [1.29, 1.82) is 0 Å². The Morgan fingerprint density at radius 2 is 2.06 bits per heavy atom. The summed E-state index contributed by atoms with van der Waals surface area (Å²) in [7, 11) is 0. The summed E-state index contributed by atoms with van der Waals surface area (Å²) in [5.74, 6) is 0. The largest absolute Gasteiger partial charge is 0.416 e. The average Bonchev–Trinajstić information content (AvgIpc) is 2.60. The van der Waals surface area contributed by atoms with E-state index in [2.05, 4.69) is 21.8 Å². The molecule has 2 rings (SSSR count). The predicted octanol–water partition coefficient (Wildman–Crippen LogP) is 4.72. The number of alkyl halides is 3. The number of aromatic amines is 1. The monoisotopic (exact) mass is 253 g/mol. The van der Waals surface area contributed by atoms with E-state index in [0.717, 1.165) is 12.1 Å². The number of aromatic nitrogens is 1. The molecule has 0 spiro atoms. The van der Waals surface area contributed by atoms with Crippen molar-refractivity contribution in [1.82, 2.24) is 4.98 Å². The van der Waals surface area contributed by atoms with Crippen molar-refractivity contribution in [2.75, 3.05) is 0 Å². The van der Waals surface area contributed by atoms with Crippen LogP contribution in [-0.4, -0.2) is 4.98 Å². The van der Waals surface area contributed by atoms with Gasteiger partial charge in [0.05, 0.1) is 5.56 Å². The van der Waals surface area contributed by atoms with Crippen molar-refractivity contribution in [2.45, 2.75) is 13.1 Å². The van der Waals surface area contributed by atoms with Gasteiger partial charge in [-0.05, 0) is 25.1 Å². The minimum Gasteiger partial charge on any atom is -0.357 e. The normalized spacial score (nSPS) is 12.4. The summed E-state index contributed by atoms with van der Waals surface area (Å²) in [4.78, 5) is 2.86. The zero-order valence-corrected chi connectivity index (χ0v) is 9.54. The summed E-state index contributed by atoms with van der Waals surface area (Å²) >= 11 is 0. The van der Waals surface area contributed by atoms with Gasteiger partial charge in [-0.2, -0.15) is 18.3 Å². The number of nitrogens with zero attached hydrogens (tertiary/aromatic N) is 2. The van der Waals surface area contributed by atoms with E-state index in [4.69, 9.17) is 0 Å². The van der Waals surface area contributed by atoms with Crippen molar-refractivity contribution < 1.29 is 13.2 Å². The van der Waals surface area contributed by atoms with Crippen LogP contribution in [0.1, 0.15) is 11.3 Å². The maximum absolute atomic E-state index is 12.6. The summed E-state index contributed by atoms with van der Waals surface area (Å²) in [5.41, 5.74) is 0.886. The van der Waals surface area contributed by atoms with Crippen molar-refractivity contribution in [3.8, 4) is 0 Å². The molecule has 18 heavy (non-hydrogen) atoms. The maximum atomic E-state index is 12.6. The fourth-order valence-corrected chi connectivity index (χ4v) is 1.72. The molecule has 0 saturated carbocycles. The first-order valence-electron chi connectivity index (χ1n) is 5.15. The molecule has 2 aromatic rings. The Morgan fingerprint density at radius 1 is 1.33 bits per heavy atom. The third kappa shape index (κ3) is 2.13. The Kier molecular flexibility index (Phi) is 2.94. The second kappa shape index (κ2) is 4.29. The molecule has 0 radical (unpaired) electrons. The molecule has 0 aliphatic rings. The SMILES string of the molecule is C=CN=Nc1c(C)[nH]c2cc(C(F)(F)F)ccc12. The van der Waals surface area contributed by atoms with Crippen LogP contribution in [0.25, 0.3) is 10.9 Å². The zero-order valence-electron chi connectivity index (χ0n) is 9.54. The van der Waals surface area contributed by atoms with Gasteiger partial charge in [0.2, 0.25) is 0 Å². The molecule has 3 nitrogen and oxygen atoms in total. The van der Waals surface area contributed by atoms with Gasteiger partial charge in [0.25, 0.3) is 0 Å². The van der Waals surface area contributed by atoms with E-state index in [9.17, 15) is 13.2 Å². The molecule has 0 saturated heterocycles. The fourth-order valence-electron chi connectivity index (χ4n) is 1.72. The summed E-state index contributed by atoms with van der Waals surface area (Å²) < 4.78 is 37.7. The van der Waals surface area contributed by atoms with Gasteiger partial charge in [-0.3, -0.25) is 0 Å². The van der Waals surface area contributed by atoms with Gasteiger partial charge >= 0.3 is 6.18 Å². The van der Waals surface area contributed by atoms with E-state index in [-0.39, 0.29) is 0 Å². The number of hydrogen-bond acceptors (Lipinski definition) is 2. The molecule has 0 aliphatic heterocycles. The highest BCUT2D eigenvalue weighted by atomic mass is 19.4. The summed E-state index contributed by atoms with van der Waals surface area (Å²) in [6, 6.07) is 3.48. The van der Waals surface area contributed by atoms with Crippen molar-refractivity contribution >= 4 is 16.6 Å². The van der Waals surface area contributed by atoms with Gasteiger partial charge < -0.3 is 4.98 Å². The standard InChI is InChI=1S/C12H10F3N3/c1-3-16-18-11-7(2)17-10-6-8(12(13,14)15)4-5-9(10)11/h3-6,17H,1H2,2H3. The molecule has 0 amide bonds. The van der Waals surface area contributed by atoms with Crippen LogP contribution in [-0.2, 0) is 6.18 Å². The molecule has 1 aromatic heterocycles. The van der Waals surface area contributed by atoms with E-state index >= 15 is 0 Å². The van der Waals surface area contributed by atoms with Gasteiger partial charge in [0, 0.05) is 22.8 Å².